The maximum absolute atomic E-state index is 9.69. The van der Waals surface area contributed by atoms with Gasteiger partial charge in [-0.25, -0.2) is 0 Å². The molecule has 3 heterocycles. The second-order valence-corrected chi connectivity index (χ2v) is 17.5. The molecule has 0 aromatic carbocycles. The predicted octanol–water partition coefficient (Wildman–Crippen LogP) is 7.41. The first-order chi connectivity index (χ1) is 21.5. The van der Waals surface area contributed by atoms with E-state index >= 15 is 0 Å². The average Bonchev–Trinajstić information content (AvgIpc) is 3.67. The number of likely N-dealkylation sites (tertiary alicyclic amines) is 1. The number of rotatable bonds is 13. The molecule has 45 heavy (non-hydrogen) atoms. The summed E-state index contributed by atoms with van der Waals surface area (Å²) in [5.41, 5.74) is 6.92. The Morgan fingerprint density at radius 1 is 0.844 bits per heavy atom. The first-order valence-corrected chi connectivity index (χ1v) is 19.5. The molecule has 5 rings (SSSR count). The Morgan fingerprint density at radius 2 is 1.58 bits per heavy atom. The summed E-state index contributed by atoms with van der Waals surface area (Å²) < 4.78 is 0. The zero-order chi connectivity index (χ0) is 32.1. The van der Waals surface area contributed by atoms with Crippen molar-refractivity contribution in [2.24, 2.45) is 39.8 Å². The molecule has 258 valence electrons. The summed E-state index contributed by atoms with van der Waals surface area (Å²) in [4.78, 5) is 15.1. The summed E-state index contributed by atoms with van der Waals surface area (Å²) in [6.45, 7) is 20.6. The van der Waals surface area contributed by atoms with E-state index in [0.717, 1.165) is 62.4 Å². The number of hydrogen-bond acceptors (Lipinski definition) is 5. The Morgan fingerprint density at radius 3 is 2.24 bits per heavy atom. The number of nitrogens with two attached hydrogens (primary N) is 1. The van der Waals surface area contributed by atoms with Crippen molar-refractivity contribution in [2.75, 3.05) is 39.3 Å². The smallest absolute Gasteiger partial charge is 0.194 e. The van der Waals surface area contributed by atoms with Crippen LogP contribution in [0.25, 0.3) is 0 Å². The standard InChI is InChI=1S/C38H71N7/c1-7-12-33-27-45(37(40)44(33)24-30-16-18-31(19-17-30)38(4,5)6)35(22-29-13-9-8-10-14-29)25-42-20-11-15-32(42)26-43-34(21-28(2)3)23-41-36(43)39/h28-35,40H,7-27H2,1-6H3,(H2,39,41)/t30?,31?,32-,33+,34+,35+/m0/s1. The van der Waals surface area contributed by atoms with Gasteiger partial charge in [0.2, 0.25) is 0 Å². The van der Waals surface area contributed by atoms with Crippen molar-refractivity contribution in [2.45, 2.75) is 162 Å². The maximum atomic E-state index is 9.69. The van der Waals surface area contributed by atoms with E-state index in [4.69, 9.17) is 5.73 Å². The van der Waals surface area contributed by atoms with Crippen LogP contribution in [0, 0.1) is 34.5 Å². The molecule has 7 nitrogen and oxygen atoms in total. The quantitative estimate of drug-likeness (QED) is 0.223. The summed E-state index contributed by atoms with van der Waals surface area (Å²) in [7, 11) is 0. The molecule has 0 radical (unpaired) electrons. The monoisotopic (exact) mass is 626 g/mol. The van der Waals surface area contributed by atoms with Gasteiger partial charge >= 0.3 is 0 Å². The van der Waals surface area contributed by atoms with E-state index in [-0.39, 0.29) is 0 Å². The highest BCUT2D eigenvalue weighted by atomic mass is 15.5. The molecule has 4 atom stereocenters. The summed E-state index contributed by atoms with van der Waals surface area (Å²) in [5, 5.41) is 9.69. The average molecular weight is 626 g/mol. The molecule has 2 saturated heterocycles. The maximum Gasteiger partial charge on any atom is 0.194 e. The third kappa shape index (κ3) is 8.90. The molecule has 3 aliphatic heterocycles. The van der Waals surface area contributed by atoms with Crippen LogP contribution in [0.2, 0.25) is 0 Å². The molecule has 2 aliphatic carbocycles. The second kappa shape index (κ2) is 15.6. The van der Waals surface area contributed by atoms with E-state index in [2.05, 4.69) is 66.1 Å². The molecule has 0 spiro atoms. The lowest BCUT2D eigenvalue weighted by atomic mass is 9.70. The largest absolute Gasteiger partial charge is 0.370 e. The topological polar surface area (TPSA) is 75.2 Å². The van der Waals surface area contributed by atoms with Crippen molar-refractivity contribution in [1.29, 1.82) is 5.41 Å². The van der Waals surface area contributed by atoms with Gasteiger partial charge in [-0.3, -0.25) is 15.3 Å². The molecule has 4 fully saturated rings. The van der Waals surface area contributed by atoms with Crippen molar-refractivity contribution in [3.63, 3.8) is 0 Å². The number of aliphatic imine (C=N–C) groups is 1. The fourth-order valence-electron chi connectivity index (χ4n) is 9.89. The van der Waals surface area contributed by atoms with Gasteiger partial charge in [0.05, 0.1) is 12.6 Å². The highest BCUT2D eigenvalue weighted by Crippen LogP contribution is 2.41. The minimum Gasteiger partial charge on any atom is -0.370 e. The Bertz CT molecular complexity index is 958. The zero-order valence-electron chi connectivity index (χ0n) is 30.3. The molecule has 7 heteroatoms. The molecular formula is C38H71N7. The highest BCUT2D eigenvalue weighted by Gasteiger charge is 2.42. The van der Waals surface area contributed by atoms with Gasteiger partial charge in [-0.15, -0.1) is 0 Å². The number of guanidine groups is 2. The van der Waals surface area contributed by atoms with Crippen LogP contribution >= 0.6 is 0 Å². The van der Waals surface area contributed by atoms with Crippen LogP contribution in [0.4, 0.5) is 0 Å². The minimum atomic E-state index is 0.426. The first-order valence-electron chi connectivity index (χ1n) is 19.5. The molecule has 2 saturated carbocycles. The fraction of sp³-hybridized carbons (Fsp3) is 0.947. The number of nitrogens with zero attached hydrogens (tertiary/aromatic N) is 5. The van der Waals surface area contributed by atoms with E-state index in [1.165, 1.54) is 103 Å². The van der Waals surface area contributed by atoms with Gasteiger partial charge in [-0.2, -0.15) is 0 Å². The number of nitrogens with one attached hydrogen (secondary N) is 1. The third-order valence-electron chi connectivity index (χ3n) is 12.6. The summed E-state index contributed by atoms with van der Waals surface area (Å²) in [6.07, 6.45) is 19.8. The van der Waals surface area contributed by atoms with Crippen LogP contribution in [0.1, 0.15) is 138 Å². The molecule has 5 aliphatic rings. The lowest BCUT2D eigenvalue weighted by Crippen LogP contribution is -2.52. The van der Waals surface area contributed by atoms with Crippen LogP contribution < -0.4 is 5.73 Å². The molecule has 3 N–H and O–H groups in total. The van der Waals surface area contributed by atoms with Gasteiger partial charge in [0.25, 0.3) is 0 Å². The fourth-order valence-corrected chi connectivity index (χ4v) is 9.89. The van der Waals surface area contributed by atoms with Gasteiger partial charge < -0.3 is 20.4 Å². The molecule has 0 amide bonds. The van der Waals surface area contributed by atoms with Gasteiger partial charge in [-0.1, -0.05) is 80.1 Å². The zero-order valence-corrected chi connectivity index (χ0v) is 30.3. The molecule has 0 unspecified atom stereocenters. The lowest BCUT2D eigenvalue weighted by molar-refractivity contribution is 0.134. The van der Waals surface area contributed by atoms with Gasteiger partial charge in [0, 0.05) is 44.3 Å². The number of hydrogen-bond donors (Lipinski definition) is 2. The normalized spacial score (nSPS) is 31.4. The van der Waals surface area contributed by atoms with Crippen molar-refractivity contribution in [3.05, 3.63) is 0 Å². The summed E-state index contributed by atoms with van der Waals surface area (Å²) in [6, 6.07) is 1.94. The van der Waals surface area contributed by atoms with E-state index in [1.54, 1.807) is 0 Å². The molecular weight excluding hydrogens is 554 g/mol. The first kappa shape index (κ1) is 34.8. The van der Waals surface area contributed by atoms with Crippen LogP contribution in [-0.2, 0) is 0 Å². The van der Waals surface area contributed by atoms with E-state index in [9.17, 15) is 5.41 Å². The summed E-state index contributed by atoms with van der Waals surface area (Å²) in [5.74, 6) is 4.70. The molecule has 0 aromatic rings. The van der Waals surface area contributed by atoms with Crippen LogP contribution in [-0.4, -0.2) is 95.0 Å². The van der Waals surface area contributed by atoms with Crippen LogP contribution in [0.5, 0.6) is 0 Å². The minimum absolute atomic E-state index is 0.426. The van der Waals surface area contributed by atoms with E-state index < -0.39 is 0 Å². The molecule has 0 aromatic heterocycles. The Balaban J connectivity index is 1.28. The Kier molecular flexibility index (Phi) is 12.1. The van der Waals surface area contributed by atoms with Crippen molar-refractivity contribution in [1.82, 2.24) is 19.6 Å². The van der Waals surface area contributed by atoms with Crippen molar-refractivity contribution in [3.8, 4) is 0 Å². The van der Waals surface area contributed by atoms with Gasteiger partial charge in [0.1, 0.15) is 0 Å². The highest BCUT2D eigenvalue weighted by molar-refractivity contribution is 5.80. The lowest BCUT2D eigenvalue weighted by Gasteiger charge is -2.40. The third-order valence-corrected chi connectivity index (χ3v) is 12.6. The van der Waals surface area contributed by atoms with Crippen LogP contribution in [0.3, 0.4) is 0 Å². The van der Waals surface area contributed by atoms with Crippen molar-refractivity contribution < 1.29 is 0 Å². The van der Waals surface area contributed by atoms with Gasteiger partial charge in [0.15, 0.2) is 11.9 Å². The second-order valence-electron chi connectivity index (χ2n) is 17.5. The molecule has 0 bridgehead atoms. The van der Waals surface area contributed by atoms with E-state index in [1.807, 2.05) is 0 Å². The van der Waals surface area contributed by atoms with Gasteiger partial charge in [-0.05, 0) is 93.4 Å². The van der Waals surface area contributed by atoms with E-state index in [0.29, 0.717) is 35.5 Å². The van der Waals surface area contributed by atoms with Crippen LogP contribution in [0.15, 0.2) is 4.99 Å². The predicted molar refractivity (Wildman–Crippen MR) is 191 cm³/mol. The van der Waals surface area contributed by atoms with Crippen molar-refractivity contribution >= 4 is 11.9 Å². The SMILES string of the molecule is CCC[C@@H]1CN([C@H](CC2CCCCC2)CN2CCC[C@H]2CN2C(N)=NC[C@H]2CC(C)C)C(=N)N1CC1CCC(C(C)(C)C)CC1. The Labute approximate surface area is 277 Å². The summed E-state index contributed by atoms with van der Waals surface area (Å²) >= 11 is 0. The Hall–Kier alpha value is -1.50.